The Hall–Kier alpha value is -3.23. The number of benzene rings is 3. The molecule has 0 spiro atoms. The third-order valence-electron chi connectivity index (χ3n) is 5.80. The summed E-state index contributed by atoms with van der Waals surface area (Å²) < 4.78 is 29.5. The molecule has 168 valence electrons. The Balaban J connectivity index is 1.40. The van der Waals surface area contributed by atoms with Crippen LogP contribution in [0.1, 0.15) is 39.8 Å². The molecule has 2 heterocycles. The van der Waals surface area contributed by atoms with Crippen molar-refractivity contribution in [2.75, 3.05) is 11.3 Å². The summed E-state index contributed by atoms with van der Waals surface area (Å²) in [5.41, 5.74) is 2.81. The van der Waals surface area contributed by atoms with Crippen LogP contribution in [0.2, 0.25) is 0 Å². The smallest absolute Gasteiger partial charge is 0.261 e. The van der Waals surface area contributed by atoms with E-state index in [2.05, 4.69) is 4.72 Å². The van der Waals surface area contributed by atoms with Crippen molar-refractivity contribution in [1.82, 2.24) is 9.88 Å². The van der Waals surface area contributed by atoms with Crippen molar-refractivity contribution >= 4 is 43.2 Å². The van der Waals surface area contributed by atoms with E-state index in [1.54, 1.807) is 35.6 Å². The standard InChI is InChI=1S/C25H23N3O3S2/c1-17-11-13-19(14-12-17)27-33(30,31)20-7-4-6-18(16-20)25(29)28-15-5-9-22(28)24-26-21-8-2-3-10-23(21)32-24/h2-4,6-8,10-14,16,22,27H,5,9,15H2,1H3. The number of sulfonamides is 1. The van der Waals surface area contributed by atoms with Crippen molar-refractivity contribution in [2.24, 2.45) is 0 Å². The summed E-state index contributed by atoms with van der Waals surface area (Å²) in [5, 5.41) is 0.923. The van der Waals surface area contributed by atoms with E-state index in [0.29, 0.717) is 17.8 Å². The van der Waals surface area contributed by atoms with Gasteiger partial charge in [-0.25, -0.2) is 13.4 Å². The van der Waals surface area contributed by atoms with Crippen LogP contribution in [0.3, 0.4) is 0 Å². The first kappa shape index (κ1) is 21.6. The van der Waals surface area contributed by atoms with E-state index in [-0.39, 0.29) is 16.8 Å². The molecule has 1 fully saturated rings. The van der Waals surface area contributed by atoms with Gasteiger partial charge in [0.25, 0.3) is 15.9 Å². The Morgan fingerprint density at radius 2 is 1.85 bits per heavy atom. The predicted molar refractivity (Wildman–Crippen MR) is 131 cm³/mol. The van der Waals surface area contributed by atoms with Crippen LogP contribution < -0.4 is 4.72 Å². The van der Waals surface area contributed by atoms with Gasteiger partial charge in [-0.1, -0.05) is 35.9 Å². The molecule has 0 saturated carbocycles. The summed E-state index contributed by atoms with van der Waals surface area (Å²) in [5.74, 6) is -0.177. The third-order valence-corrected chi connectivity index (χ3v) is 8.32. The second-order valence-electron chi connectivity index (χ2n) is 8.18. The van der Waals surface area contributed by atoms with Crippen LogP contribution in [0.25, 0.3) is 10.2 Å². The maximum atomic E-state index is 13.4. The van der Waals surface area contributed by atoms with Crippen LogP contribution in [-0.4, -0.2) is 30.8 Å². The zero-order chi connectivity index (χ0) is 23.0. The molecule has 1 aliphatic rings. The molecule has 1 aromatic heterocycles. The summed E-state index contributed by atoms with van der Waals surface area (Å²) in [6.07, 6.45) is 1.73. The molecule has 3 aromatic carbocycles. The van der Waals surface area contributed by atoms with Gasteiger partial charge in [0.05, 0.1) is 21.2 Å². The number of nitrogens with zero attached hydrogens (tertiary/aromatic N) is 2. The Labute approximate surface area is 197 Å². The van der Waals surface area contributed by atoms with Gasteiger partial charge in [-0.2, -0.15) is 0 Å². The molecule has 0 aliphatic carbocycles. The molecule has 1 amide bonds. The van der Waals surface area contributed by atoms with Crippen LogP contribution in [0, 0.1) is 6.92 Å². The lowest BCUT2D eigenvalue weighted by atomic mass is 10.1. The van der Waals surface area contributed by atoms with Gasteiger partial charge in [0.15, 0.2) is 0 Å². The number of nitrogens with one attached hydrogen (secondary N) is 1. The number of aromatic nitrogens is 1. The van der Waals surface area contributed by atoms with E-state index >= 15 is 0 Å². The van der Waals surface area contributed by atoms with Gasteiger partial charge < -0.3 is 4.90 Å². The molecule has 5 rings (SSSR count). The fraction of sp³-hybridized carbons (Fsp3) is 0.200. The first-order valence-corrected chi connectivity index (χ1v) is 13.1. The lowest BCUT2D eigenvalue weighted by Crippen LogP contribution is -2.30. The van der Waals surface area contributed by atoms with Crippen molar-refractivity contribution in [3.8, 4) is 0 Å². The maximum absolute atomic E-state index is 13.4. The molecular formula is C25H23N3O3S2. The van der Waals surface area contributed by atoms with E-state index in [9.17, 15) is 13.2 Å². The summed E-state index contributed by atoms with van der Waals surface area (Å²) in [7, 11) is -3.82. The minimum Gasteiger partial charge on any atom is -0.329 e. The van der Waals surface area contributed by atoms with E-state index in [1.807, 2.05) is 48.2 Å². The van der Waals surface area contributed by atoms with Crippen molar-refractivity contribution in [1.29, 1.82) is 0 Å². The Morgan fingerprint density at radius 3 is 2.64 bits per heavy atom. The zero-order valence-corrected chi connectivity index (χ0v) is 19.7. The largest absolute Gasteiger partial charge is 0.329 e. The Morgan fingerprint density at radius 1 is 1.06 bits per heavy atom. The molecule has 4 aromatic rings. The van der Waals surface area contributed by atoms with Crippen LogP contribution in [0.5, 0.6) is 0 Å². The molecule has 1 atom stereocenters. The first-order chi connectivity index (χ1) is 15.9. The van der Waals surface area contributed by atoms with Crippen molar-refractivity contribution in [3.63, 3.8) is 0 Å². The lowest BCUT2D eigenvalue weighted by Gasteiger charge is -2.23. The number of para-hydroxylation sites is 1. The van der Waals surface area contributed by atoms with Gasteiger partial charge in [0.1, 0.15) is 5.01 Å². The van der Waals surface area contributed by atoms with Crippen LogP contribution in [0.15, 0.2) is 77.7 Å². The van der Waals surface area contributed by atoms with E-state index in [4.69, 9.17) is 4.98 Å². The van der Waals surface area contributed by atoms with Gasteiger partial charge in [-0.05, 0) is 62.2 Å². The normalized spacial score (nSPS) is 16.3. The number of carbonyl (C=O) groups is 1. The van der Waals surface area contributed by atoms with E-state index < -0.39 is 10.0 Å². The number of fused-ring (bicyclic) bond motifs is 1. The Bertz CT molecular complexity index is 1400. The molecule has 33 heavy (non-hydrogen) atoms. The highest BCUT2D eigenvalue weighted by atomic mass is 32.2. The number of hydrogen-bond donors (Lipinski definition) is 1. The van der Waals surface area contributed by atoms with Crippen LogP contribution in [0.4, 0.5) is 5.69 Å². The number of rotatable bonds is 5. The number of aryl methyl sites for hydroxylation is 1. The lowest BCUT2D eigenvalue weighted by molar-refractivity contribution is 0.0735. The second kappa shape index (κ2) is 8.61. The van der Waals surface area contributed by atoms with Crippen LogP contribution in [-0.2, 0) is 10.0 Å². The molecule has 1 N–H and O–H groups in total. The van der Waals surface area contributed by atoms with Crippen molar-refractivity contribution < 1.29 is 13.2 Å². The third kappa shape index (κ3) is 4.36. The molecule has 1 saturated heterocycles. The number of carbonyl (C=O) groups excluding carboxylic acids is 1. The molecule has 1 unspecified atom stereocenters. The van der Waals surface area contributed by atoms with Gasteiger partial charge >= 0.3 is 0 Å². The molecule has 8 heteroatoms. The van der Waals surface area contributed by atoms with Gasteiger partial charge in [0.2, 0.25) is 0 Å². The highest BCUT2D eigenvalue weighted by molar-refractivity contribution is 7.92. The number of anilines is 1. The monoisotopic (exact) mass is 477 g/mol. The molecule has 1 aliphatic heterocycles. The SMILES string of the molecule is Cc1ccc(NS(=O)(=O)c2cccc(C(=O)N3CCCC3c3nc4ccccc4s3)c2)cc1. The Kier molecular flexibility index (Phi) is 5.64. The summed E-state index contributed by atoms with van der Waals surface area (Å²) in [6.45, 7) is 2.56. The summed E-state index contributed by atoms with van der Waals surface area (Å²) in [4.78, 5) is 20.0. The minimum absolute atomic E-state index is 0.0599. The zero-order valence-electron chi connectivity index (χ0n) is 18.1. The minimum atomic E-state index is -3.82. The fourth-order valence-corrected chi connectivity index (χ4v) is 6.32. The molecule has 0 bridgehead atoms. The highest BCUT2D eigenvalue weighted by Crippen LogP contribution is 2.37. The predicted octanol–water partition coefficient (Wildman–Crippen LogP) is 5.38. The quantitative estimate of drug-likeness (QED) is 0.418. The van der Waals surface area contributed by atoms with Gasteiger partial charge in [0, 0.05) is 17.8 Å². The van der Waals surface area contributed by atoms with Gasteiger partial charge in [-0.3, -0.25) is 9.52 Å². The second-order valence-corrected chi connectivity index (χ2v) is 10.9. The van der Waals surface area contributed by atoms with Crippen molar-refractivity contribution in [2.45, 2.75) is 30.7 Å². The summed E-state index contributed by atoms with van der Waals surface area (Å²) >= 11 is 1.61. The first-order valence-electron chi connectivity index (χ1n) is 10.8. The molecule has 0 radical (unpaired) electrons. The van der Waals surface area contributed by atoms with Gasteiger partial charge in [-0.15, -0.1) is 11.3 Å². The van der Waals surface area contributed by atoms with Crippen molar-refractivity contribution in [3.05, 3.63) is 88.9 Å². The maximum Gasteiger partial charge on any atom is 0.261 e. The number of thiazole rings is 1. The van der Waals surface area contributed by atoms with Crippen LogP contribution >= 0.6 is 11.3 Å². The highest BCUT2D eigenvalue weighted by Gasteiger charge is 2.33. The molecule has 6 nitrogen and oxygen atoms in total. The topological polar surface area (TPSA) is 79.4 Å². The number of amides is 1. The summed E-state index contributed by atoms with van der Waals surface area (Å²) in [6, 6.07) is 21.2. The van der Waals surface area contributed by atoms with E-state index in [0.717, 1.165) is 33.6 Å². The number of likely N-dealkylation sites (tertiary alicyclic amines) is 1. The average Bonchev–Trinajstić information content (AvgIpc) is 3.47. The number of hydrogen-bond acceptors (Lipinski definition) is 5. The van der Waals surface area contributed by atoms with E-state index in [1.165, 1.54) is 12.1 Å². The fourth-order valence-electron chi connectivity index (χ4n) is 4.10. The average molecular weight is 478 g/mol. The molecular weight excluding hydrogens is 454 g/mol.